The van der Waals surface area contributed by atoms with Crippen LogP contribution in [0.4, 0.5) is 11.4 Å². The summed E-state index contributed by atoms with van der Waals surface area (Å²) >= 11 is 4.59. The largest absolute Gasteiger partial charge is 0.493 e. The number of ether oxygens (including phenoxy) is 3. The summed E-state index contributed by atoms with van der Waals surface area (Å²) in [6, 6.07) is 17.2. The molecular weight excluding hydrogens is 598 g/mol. The summed E-state index contributed by atoms with van der Waals surface area (Å²) in [5.74, 6) is 0.0234. The fourth-order valence-corrected chi connectivity index (χ4v) is 5.22. The molecule has 0 bridgehead atoms. The summed E-state index contributed by atoms with van der Waals surface area (Å²) in [6.45, 7) is 3.60. The van der Waals surface area contributed by atoms with E-state index in [1.54, 1.807) is 50.2 Å². The molecule has 3 aromatic carbocycles. The van der Waals surface area contributed by atoms with E-state index in [2.05, 4.69) is 26.6 Å². The Morgan fingerprint density at radius 3 is 1.95 bits per heavy atom. The molecule has 1 aliphatic heterocycles. The van der Waals surface area contributed by atoms with Gasteiger partial charge in [-0.05, 0) is 74.5 Å². The van der Waals surface area contributed by atoms with Crippen molar-refractivity contribution < 1.29 is 28.6 Å². The first kappa shape index (κ1) is 29.0. The van der Waals surface area contributed by atoms with E-state index in [1.165, 1.54) is 38.0 Å². The molecule has 0 saturated heterocycles. The monoisotopic (exact) mass is 625 g/mol. The minimum Gasteiger partial charge on any atom is -0.493 e. The van der Waals surface area contributed by atoms with E-state index >= 15 is 0 Å². The van der Waals surface area contributed by atoms with Crippen molar-refractivity contribution in [3.05, 3.63) is 81.3 Å². The van der Waals surface area contributed by atoms with Crippen molar-refractivity contribution >= 4 is 56.8 Å². The molecule has 208 valence electrons. The highest BCUT2D eigenvalue weighted by molar-refractivity contribution is 9.10. The molecule has 0 aromatic heterocycles. The lowest BCUT2D eigenvalue weighted by Crippen LogP contribution is -2.38. The normalized spacial score (nSPS) is 13.1. The van der Waals surface area contributed by atoms with Gasteiger partial charge < -0.3 is 24.8 Å². The molecule has 0 fully saturated rings. The third kappa shape index (κ3) is 6.10. The van der Waals surface area contributed by atoms with Crippen molar-refractivity contribution in [1.82, 2.24) is 4.90 Å². The summed E-state index contributed by atoms with van der Waals surface area (Å²) in [4.78, 5) is 41.6. The number of thioether (sulfide) groups is 1. The van der Waals surface area contributed by atoms with Crippen LogP contribution in [0.1, 0.15) is 24.2 Å². The zero-order valence-electron chi connectivity index (χ0n) is 22.5. The van der Waals surface area contributed by atoms with Crippen LogP contribution >= 0.6 is 27.7 Å². The average Bonchev–Trinajstić information content (AvgIpc) is 3.18. The van der Waals surface area contributed by atoms with Crippen LogP contribution in [0.5, 0.6) is 17.2 Å². The number of nitrogens with zero attached hydrogens (tertiary/aromatic N) is 1. The topological polar surface area (TPSA) is 106 Å². The predicted molar refractivity (Wildman–Crippen MR) is 158 cm³/mol. The highest BCUT2D eigenvalue weighted by Gasteiger charge is 2.40. The second-order valence-electron chi connectivity index (χ2n) is 8.90. The second-order valence-corrected chi connectivity index (χ2v) is 10.9. The molecule has 4 rings (SSSR count). The van der Waals surface area contributed by atoms with Gasteiger partial charge in [0.05, 0.1) is 21.3 Å². The van der Waals surface area contributed by atoms with Crippen molar-refractivity contribution in [1.29, 1.82) is 0 Å². The third-order valence-corrected chi connectivity index (χ3v) is 7.58. The molecule has 0 saturated carbocycles. The molecule has 0 radical (unpaired) electrons. The fourth-order valence-electron chi connectivity index (χ4n) is 4.02. The highest BCUT2D eigenvalue weighted by Crippen LogP contribution is 2.39. The van der Waals surface area contributed by atoms with Gasteiger partial charge in [-0.1, -0.05) is 27.7 Å². The van der Waals surface area contributed by atoms with Gasteiger partial charge in [0.15, 0.2) is 11.5 Å². The first-order valence-electron chi connectivity index (χ1n) is 12.2. The van der Waals surface area contributed by atoms with Crippen LogP contribution in [0.25, 0.3) is 0 Å². The van der Waals surface area contributed by atoms with E-state index in [0.717, 1.165) is 9.37 Å². The van der Waals surface area contributed by atoms with Crippen LogP contribution in [0, 0.1) is 0 Å². The molecule has 0 spiro atoms. The van der Waals surface area contributed by atoms with E-state index < -0.39 is 0 Å². The van der Waals surface area contributed by atoms with Gasteiger partial charge in [0.2, 0.25) is 5.75 Å². The molecule has 0 unspecified atom stereocenters. The zero-order chi connectivity index (χ0) is 29.0. The number of hydrogen-bond acceptors (Lipinski definition) is 8. The number of benzene rings is 3. The van der Waals surface area contributed by atoms with E-state index in [0.29, 0.717) is 39.1 Å². The average molecular weight is 627 g/mol. The lowest BCUT2D eigenvalue weighted by atomic mass is 10.1. The maximum absolute atomic E-state index is 13.2. The number of methoxy groups -OCH3 is 3. The van der Waals surface area contributed by atoms with Gasteiger partial charge in [0.25, 0.3) is 17.7 Å². The lowest BCUT2D eigenvalue weighted by Gasteiger charge is -2.19. The Balaban J connectivity index is 1.55. The maximum atomic E-state index is 13.2. The first-order valence-corrected chi connectivity index (χ1v) is 13.8. The third-order valence-electron chi connectivity index (χ3n) is 5.96. The van der Waals surface area contributed by atoms with Crippen molar-refractivity contribution in [2.24, 2.45) is 0 Å². The quantitative estimate of drug-likeness (QED) is 0.267. The molecule has 9 nitrogen and oxygen atoms in total. The smallest absolute Gasteiger partial charge is 0.278 e. The molecule has 2 N–H and O–H groups in total. The fraction of sp³-hybridized carbons (Fsp3) is 0.207. The lowest BCUT2D eigenvalue weighted by molar-refractivity contribution is -0.139. The Bertz CT molecular complexity index is 1450. The van der Waals surface area contributed by atoms with E-state index in [9.17, 15) is 14.4 Å². The maximum Gasteiger partial charge on any atom is 0.278 e. The van der Waals surface area contributed by atoms with Crippen LogP contribution in [0.2, 0.25) is 0 Å². The van der Waals surface area contributed by atoms with Crippen molar-refractivity contribution in [3.63, 3.8) is 0 Å². The summed E-state index contributed by atoms with van der Waals surface area (Å²) in [5.41, 5.74) is 1.78. The van der Waals surface area contributed by atoms with Gasteiger partial charge in [0, 0.05) is 32.3 Å². The first-order chi connectivity index (χ1) is 19.2. The van der Waals surface area contributed by atoms with E-state index in [-0.39, 0.29) is 29.5 Å². The Hall–Kier alpha value is -3.96. The number of anilines is 2. The van der Waals surface area contributed by atoms with Gasteiger partial charge in [-0.25, -0.2) is 0 Å². The number of rotatable bonds is 10. The van der Waals surface area contributed by atoms with Gasteiger partial charge in [-0.2, -0.15) is 0 Å². The molecule has 1 aliphatic rings. The predicted octanol–water partition coefficient (Wildman–Crippen LogP) is 5.92. The van der Waals surface area contributed by atoms with Crippen molar-refractivity contribution in [3.8, 4) is 17.2 Å². The summed E-state index contributed by atoms with van der Waals surface area (Å²) < 4.78 is 16.9. The molecule has 3 aromatic rings. The number of carbonyl (C=O) groups excluding carboxylic acids is 3. The van der Waals surface area contributed by atoms with Crippen LogP contribution < -0.4 is 24.8 Å². The minimum atomic E-state index is -0.375. The van der Waals surface area contributed by atoms with Crippen LogP contribution in [-0.2, 0) is 9.59 Å². The van der Waals surface area contributed by atoms with Crippen LogP contribution in [0.3, 0.4) is 0 Å². The van der Waals surface area contributed by atoms with E-state index in [4.69, 9.17) is 14.2 Å². The van der Waals surface area contributed by atoms with Crippen LogP contribution in [-0.4, -0.2) is 50.0 Å². The second kappa shape index (κ2) is 12.5. The van der Waals surface area contributed by atoms with Gasteiger partial charge in [-0.3, -0.25) is 19.3 Å². The number of nitrogens with one attached hydrogen (secondary N) is 2. The number of halogens is 1. The van der Waals surface area contributed by atoms with E-state index in [1.807, 2.05) is 24.3 Å². The number of imide groups is 1. The van der Waals surface area contributed by atoms with Gasteiger partial charge in [-0.15, -0.1) is 0 Å². The number of amides is 3. The zero-order valence-corrected chi connectivity index (χ0v) is 24.9. The SMILES string of the molecule is COc1cc(C(=O)Nc2ccc(SC3=C(Nc4ccc(Br)cc4)C(=O)N(C(C)C)C3=O)cc2)cc(OC)c1OC. The molecular formula is C29H28BrN3O6S. The Morgan fingerprint density at radius 2 is 1.43 bits per heavy atom. The van der Waals surface area contributed by atoms with Crippen molar-refractivity contribution in [2.45, 2.75) is 24.8 Å². The molecule has 0 atom stereocenters. The molecule has 11 heteroatoms. The summed E-state index contributed by atoms with van der Waals surface area (Å²) in [6.07, 6.45) is 0. The molecule has 1 heterocycles. The Kier molecular flexibility index (Phi) is 9.06. The molecule has 3 amide bonds. The molecule has 0 aliphatic carbocycles. The molecule has 40 heavy (non-hydrogen) atoms. The Labute approximate surface area is 245 Å². The standard InChI is InChI=1S/C29H28BrN3O6S/c1-16(2)33-28(35)24(31-19-8-6-18(30)7-9-19)26(29(33)36)40-21-12-10-20(11-13-21)32-27(34)17-14-22(37-3)25(39-5)23(15-17)38-4/h6-16,31H,1-5H3,(H,32,34). The number of carbonyl (C=O) groups is 3. The summed E-state index contributed by atoms with van der Waals surface area (Å²) in [5, 5.41) is 5.97. The minimum absolute atomic E-state index is 0.228. The Morgan fingerprint density at radius 1 is 0.850 bits per heavy atom. The van der Waals surface area contributed by atoms with Crippen molar-refractivity contribution in [2.75, 3.05) is 32.0 Å². The van der Waals surface area contributed by atoms with Gasteiger partial charge in [0.1, 0.15) is 10.6 Å². The summed E-state index contributed by atoms with van der Waals surface area (Å²) in [7, 11) is 4.45. The van der Waals surface area contributed by atoms with Gasteiger partial charge >= 0.3 is 0 Å². The highest BCUT2D eigenvalue weighted by atomic mass is 79.9. The number of hydrogen-bond donors (Lipinski definition) is 2. The van der Waals surface area contributed by atoms with Crippen LogP contribution in [0.15, 0.2) is 80.6 Å².